The van der Waals surface area contributed by atoms with E-state index in [0.717, 1.165) is 6.07 Å². The van der Waals surface area contributed by atoms with Crippen LogP contribution in [0.15, 0.2) is 18.2 Å². The van der Waals surface area contributed by atoms with Crippen molar-refractivity contribution in [3.63, 3.8) is 0 Å². The fourth-order valence-electron chi connectivity index (χ4n) is 1.52. The lowest BCUT2D eigenvalue weighted by Gasteiger charge is -2.20. The number of nitrogens with zero attached hydrogens (tertiary/aromatic N) is 1. The molecule has 0 amide bonds. The van der Waals surface area contributed by atoms with Crippen molar-refractivity contribution in [3.8, 4) is 0 Å². The lowest BCUT2D eigenvalue weighted by Crippen LogP contribution is -2.23. The number of aliphatic hydroxyl groups is 1. The summed E-state index contributed by atoms with van der Waals surface area (Å²) in [6, 6.07) is 3.37. The van der Waals surface area contributed by atoms with E-state index in [9.17, 15) is 13.2 Å². The van der Waals surface area contributed by atoms with Crippen molar-refractivity contribution in [2.45, 2.75) is 6.18 Å². The van der Waals surface area contributed by atoms with E-state index in [4.69, 9.17) is 16.2 Å². The van der Waals surface area contributed by atoms with Crippen LogP contribution in [0.1, 0.15) is 11.1 Å². The molecule has 0 aliphatic carbocycles. The molecule has 18 heavy (non-hydrogen) atoms. The van der Waals surface area contributed by atoms with Crippen molar-refractivity contribution in [1.82, 2.24) is 0 Å². The third kappa shape index (κ3) is 3.13. The largest absolute Gasteiger partial charge is 0.417 e. The molecule has 0 fully saturated rings. The normalized spacial score (nSPS) is 11.4. The number of likely N-dealkylation sites (N-methyl/N-ethyl adjacent to an activating group) is 1. The lowest BCUT2D eigenvalue weighted by molar-refractivity contribution is -0.137. The minimum atomic E-state index is -4.55. The highest BCUT2D eigenvalue weighted by Crippen LogP contribution is 2.33. The zero-order chi connectivity index (χ0) is 13.9. The zero-order valence-corrected chi connectivity index (χ0v) is 9.75. The van der Waals surface area contributed by atoms with Crippen LogP contribution in [0.3, 0.4) is 0 Å². The summed E-state index contributed by atoms with van der Waals surface area (Å²) in [5.74, 6) is -0.637. The molecule has 4 nitrogen and oxygen atoms in total. The van der Waals surface area contributed by atoms with E-state index in [1.165, 1.54) is 12.1 Å². The SMILES string of the molecule is CN(CCO)c1ccc(C(F)(F)F)c(C(=N)N)c1. The summed E-state index contributed by atoms with van der Waals surface area (Å²) >= 11 is 0. The average molecular weight is 261 g/mol. The van der Waals surface area contributed by atoms with Gasteiger partial charge in [0, 0.05) is 24.8 Å². The van der Waals surface area contributed by atoms with Crippen LogP contribution in [0, 0.1) is 5.41 Å². The molecule has 0 saturated heterocycles. The van der Waals surface area contributed by atoms with Gasteiger partial charge < -0.3 is 15.7 Å². The molecule has 1 aromatic carbocycles. The first kappa shape index (κ1) is 14.3. The summed E-state index contributed by atoms with van der Waals surface area (Å²) in [5, 5.41) is 16.0. The van der Waals surface area contributed by atoms with Crippen molar-refractivity contribution in [2.75, 3.05) is 25.1 Å². The van der Waals surface area contributed by atoms with Gasteiger partial charge in [-0.1, -0.05) is 0 Å². The molecule has 0 bridgehead atoms. The Bertz CT molecular complexity index is 446. The van der Waals surface area contributed by atoms with Crippen LogP contribution in [0.5, 0.6) is 0 Å². The van der Waals surface area contributed by atoms with Crippen LogP contribution >= 0.6 is 0 Å². The second-order valence-electron chi connectivity index (χ2n) is 3.79. The Morgan fingerprint density at radius 2 is 2.06 bits per heavy atom. The van der Waals surface area contributed by atoms with Crippen LogP contribution in [-0.4, -0.2) is 31.1 Å². The third-order valence-corrected chi connectivity index (χ3v) is 2.47. The van der Waals surface area contributed by atoms with Gasteiger partial charge in [-0.2, -0.15) is 13.2 Å². The van der Waals surface area contributed by atoms with E-state index in [1.54, 1.807) is 11.9 Å². The summed E-state index contributed by atoms with van der Waals surface area (Å²) < 4.78 is 38.1. The van der Waals surface area contributed by atoms with Gasteiger partial charge in [0.1, 0.15) is 5.84 Å². The minimum Gasteiger partial charge on any atom is -0.395 e. The Hall–Kier alpha value is -1.76. The third-order valence-electron chi connectivity index (χ3n) is 2.47. The maximum atomic E-state index is 12.7. The van der Waals surface area contributed by atoms with Gasteiger partial charge in [0.25, 0.3) is 0 Å². The van der Waals surface area contributed by atoms with Gasteiger partial charge in [0.15, 0.2) is 0 Å². The minimum absolute atomic E-state index is 0.118. The highest BCUT2D eigenvalue weighted by atomic mass is 19.4. The molecule has 0 spiro atoms. The predicted octanol–water partition coefficient (Wildman–Crippen LogP) is 1.42. The number of amidine groups is 1. The summed E-state index contributed by atoms with van der Waals surface area (Å²) in [4.78, 5) is 1.58. The van der Waals surface area contributed by atoms with Gasteiger partial charge in [0.2, 0.25) is 0 Å². The molecular formula is C11H14F3N3O. The van der Waals surface area contributed by atoms with Gasteiger partial charge in [-0.25, -0.2) is 0 Å². The standard InChI is InChI=1S/C11H14F3N3O/c1-17(4-5-18)7-2-3-9(11(12,13)14)8(6-7)10(15)16/h2-3,6,18H,4-5H2,1H3,(H3,15,16). The second kappa shape index (κ2) is 5.26. The van der Waals surface area contributed by atoms with E-state index in [-0.39, 0.29) is 18.7 Å². The van der Waals surface area contributed by atoms with Crippen molar-refractivity contribution >= 4 is 11.5 Å². The molecule has 0 radical (unpaired) electrons. The van der Waals surface area contributed by atoms with Gasteiger partial charge in [-0.3, -0.25) is 5.41 Å². The summed E-state index contributed by atoms with van der Waals surface area (Å²) in [7, 11) is 1.63. The quantitative estimate of drug-likeness (QED) is 0.567. The topological polar surface area (TPSA) is 73.3 Å². The van der Waals surface area contributed by atoms with Crippen LogP contribution in [0.2, 0.25) is 0 Å². The van der Waals surface area contributed by atoms with Crippen molar-refractivity contribution in [1.29, 1.82) is 5.41 Å². The van der Waals surface area contributed by atoms with Crippen LogP contribution in [0.4, 0.5) is 18.9 Å². The Morgan fingerprint density at radius 1 is 1.44 bits per heavy atom. The number of benzene rings is 1. The average Bonchev–Trinajstić information content (AvgIpc) is 2.27. The number of hydrogen-bond donors (Lipinski definition) is 3. The van der Waals surface area contributed by atoms with E-state index >= 15 is 0 Å². The van der Waals surface area contributed by atoms with Crippen LogP contribution < -0.4 is 10.6 Å². The number of nitrogens with two attached hydrogens (primary N) is 1. The molecule has 0 saturated carbocycles. The van der Waals surface area contributed by atoms with E-state index in [1.807, 2.05) is 0 Å². The lowest BCUT2D eigenvalue weighted by atomic mass is 10.0. The monoisotopic (exact) mass is 261 g/mol. The summed E-state index contributed by atoms with van der Waals surface area (Å²) in [6.07, 6.45) is -4.55. The van der Waals surface area contributed by atoms with Crippen molar-refractivity contribution in [2.24, 2.45) is 5.73 Å². The number of nitrogens with one attached hydrogen (secondary N) is 1. The van der Waals surface area contributed by atoms with Crippen molar-refractivity contribution in [3.05, 3.63) is 29.3 Å². The molecule has 1 aromatic rings. The van der Waals surface area contributed by atoms with Crippen LogP contribution in [0.25, 0.3) is 0 Å². The first-order chi connectivity index (χ1) is 8.27. The Morgan fingerprint density at radius 3 is 2.50 bits per heavy atom. The molecule has 1 rings (SSSR count). The fourth-order valence-corrected chi connectivity index (χ4v) is 1.52. The molecule has 7 heteroatoms. The number of alkyl halides is 3. The Labute approximate surface area is 102 Å². The van der Waals surface area contributed by atoms with Gasteiger partial charge in [-0.15, -0.1) is 0 Å². The number of nitrogen functional groups attached to an aromatic ring is 1. The Balaban J connectivity index is 3.24. The van der Waals surface area contributed by atoms with Gasteiger partial charge in [0.05, 0.1) is 12.2 Å². The fraction of sp³-hybridized carbons (Fsp3) is 0.364. The molecule has 0 aliphatic heterocycles. The zero-order valence-electron chi connectivity index (χ0n) is 9.75. The molecule has 0 heterocycles. The molecule has 4 N–H and O–H groups in total. The predicted molar refractivity (Wildman–Crippen MR) is 62.8 cm³/mol. The highest BCUT2D eigenvalue weighted by molar-refractivity contribution is 5.97. The number of aliphatic hydroxyl groups excluding tert-OH is 1. The maximum Gasteiger partial charge on any atom is 0.417 e. The number of hydrogen-bond acceptors (Lipinski definition) is 3. The van der Waals surface area contributed by atoms with E-state index in [2.05, 4.69) is 0 Å². The van der Waals surface area contributed by atoms with Crippen LogP contribution in [-0.2, 0) is 6.18 Å². The van der Waals surface area contributed by atoms with E-state index in [0.29, 0.717) is 5.69 Å². The number of rotatable bonds is 4. The maximum absolute atomic E-state index is 12.7. The molecule has 0 unspecified atom stereocenters. The second-order valence-corrected chi connectivity index (χ2v) is 3.79. The first-order valence-corrected chi connectivity index (χ1v) is 5.15. The van der Waals surface area contributed by atoms with E-state index < -0.39 is 17.6 Å². The Kier molecular flexibility index (Phi) is 4.18. The number of anilines is 1. The molecular weight excluding hydrogens is 247 g/mol. The number of halogens is 3. The molecule has 0 aromatic heterocycles. The molecule has 0 aliphatic rings. The summed E-state index contributed by atoms with van der Waals surface area (Å²) in [5.41, 5.74) is 4.34. The smallest absolute Gasteiger partial charge is 0.395 e. The van der Waals surface area contributed by atoms with Gasteiger partial charge in [-0.05, 0) is 18.2 Å². The molecule has 0 atom stereocenters. The first-order valence-electron chi connectivity index (χ1n) is 5.15. The highest BCUT2D eigenvalue weighted by Gasteiger charge is 2.34. The van der Waals surface area contributed by atoms with Crippen molar-refractivity contribution < 1.29 is 18.3 Å². The summed E-state index contributed by atoms with van der Waals surface area (Å²) in [6.45, 7) is 0.162. The molecule has 100 valence electrons. The van der Waals surface area contributed by atoms with Gasteiger partial charge >= 0.3 is 6.18 Å².